The number of aliphatic imine (C=N–C) groups is 1. The standard InChI is InChI=1S/C34H18F10N4O/c1-34(2)10-13-7-11-3-5-14(45-11)19(21-23(35)27(39)31(43)28(40)24(21)36)16-9-17(49)33(48-16)20(15-6-4-12(46-15)8-18(34)47-13)22-25(37)29(41)32(44)30(42)26(22)38/h3-9,45-46,48H,10H2,1-2H3. The van der Waals surface area contributed by atoms with E-state index < -0.39 is 103 Å². The van der Waals surface area contributed by atoms with Crippen molar-refractivity contribution in [3.05, 3.63) is 139 Å². The highest BCUT2D eigenvalue weighted by atomic mass is 19.2. The number of rotatable bonds is 2. The molecule has 0 fully saturated rings. The van der Waals surface area contributed by atoms with E-state index in [0.717, 1.165) is 0 Å². The Bertz CT molecular complexity index is 2390. The van der Waals surface area contributed by atoms with Crippen molar-refractivity contribution in [3.63, 3.8) is 0 Å². The van der Waals surface area contributed by atoms with Crippen molar-refractivity contribution >= 4 is 34.8 Å². The van der Waals surface area contributed by atoms with E-state index in [1.165, 1.54) is 24.3 Å². The monoisotopic (exact) mass is 688 g/mol. The average Bonchev–Trinajstić information content (AvgIpc) is 3.85. The third kappa shape index (κ3) is 4.85. The Morgan fingerprint density at radius 3 is 1.78 bits per heavy atom. The van der Waals surface area contributed by atoms with E-state index in [1.807, 2.05) is 13.8 Å². The van der Waals surface area contributed by atoms with Crippen molar-refractivity contribution < 1.29 is 48.7 Å². The molecule has 250 valence electrons. The number of hydrogen-bond donors (Lipinski definition) is 3. The second-order valence-electron chi connectivity index (χ2n) is 12.1. The second-order valence-corrected chi connectivity index (χ2v) is 12.1. The van der Waals surface area contributed by atoms with Gasteiger partial charge in [0.2, 0.25) is 17.4 Å². The molecule has 2 aromatic heterocycles. The van der Waals surface area contributed by atoms with Crippen LogP contribution in [0.4, 0.5) is 43.9 Å². The largest absolute Gasteiger partial charge is 0.355 e. The predicted octanol–water partition coefficient (Wildman–Crippen LogP) is 6.45. The van der Waals surface area contributed by atoms with Crippen molar-refractivity contribution in [1.29, 1.82) is 0 Å². The summed E-state index contributed by atoms with van der Waals surface area (Å²) in [4.78, 5) is 23.8. The van der Waals surface area contributed by atoms with Crippen LogP contribution < -0.4 is 16.0 Å². The number of ketones is 1. The summed E-state index contributed by atoms with van der Waals surface area (Å²) in [5, 5.41) is 2.38. The zero-order valence-corrected chi connectivity index (χ0v) is 24.9. The summed E-state index contributed by atoms with van der Waals surface area (Å²) < 4.78 is 148. The molecule has 0 saturated heterocycles. The van der Waals surface area contributed by atoms with Crippen molar-refractivity contribution in [2.75, 3.05) is 0 Å². The quantitative estimate of drug-likeness (QED) is 0.129. The molecule has 15 heteroatoms. The molecule has 0 spiro atoms. The molecule has 0 radical (unpaired) electrons. The summed E-state index contributed by atoms with van der Waals surface area (Å²) in [5.41, 5.74) is -5.89. The molecule has 5 heterocycles. The highest BCUT2D eigenvalue weighted by molar-refractivity contribution is 6.16. The van der Waals surface area contributed by atoms with Gasteiger partial charge in [-0.15, -0.1) is 0 Å². The highest BCUT2D eigenvalue weighted by Crippen LogP contribution is 2.41. The number of carbonyl (C=O) groups is 1. The SMILES string of the molecule is CC1(C)CC2=NC1=Cc1ccc([nH]1)C(c1c(F)c(F)c(F)c(F)c1F)=C1NC(=CC1=O)C(c1c(F)c(F)c(F)c(F)c1F)=c1ccc([nH]1)=C2. The average molecular weight is 689 g/mol. The van der Waals surface area contributed by atoms with Gasteiger partial charge < -0.3 is 15.3 Å². The first kappa shape index (κ1) is 32.0. The van der Waals surface area contributed by atoms with E-state index in [2.05, 4.69) is 20.3 Å². The lowest BCUT2D eigenvalue weighted by Crippen LogP contribution is -2.23. The van der Waals surface area contributed by atoms with E-state index in [4.69, 9.17) is 0 Å². The third-order valence-electron chi connectivity index (χ3n) is 8.37. The maximum atomic E-state index is 15.4. The van der Waals surface area contributed by atoms with Gasteiger partial charge in [-0.1, -0.05) is 13.8 Å². The van der Waals surface area contributed by atoms with Gasteiger partial charge in [0.15, 0.2) is 46.5 Å². The number of nitrogens with zero attached hydrogens (tertiary/aromatic N) is 1. The fourth-order valence-corrected chi connectivity index (χ4v) is 6.02. The second kappa shape index (κ2) is 11.0. The summed E-state index contributed by atoms with van der Waals surface area (Å²) in [6.07, 6.45) is 4.16. The number of nitrogens with one attached hydrogen (secondary N) is 3. The number of benzene rings is 2. The third-order valence-corrected chi connectivity index (χ3v) is 8.37. The van der Waals surface area contributed by atoms with E-state index in [1.54, 1.807) is 12.2 Å². The molecule has 0 unspecified atom stereocenters. The van der Waals surface area contributed by atoms with Gasteiger partial charge in [0.05, 0.1) is 22.5 Å². The van der Waals surface area contributed by atoms with E-state index >= 15 is 17.6 Å². The molecule has 3 N–H and O–H groups in total. The molecular formula is C34H18F10N4O. The number of carbonyl (C=O) groups excluding carboxylic acids is 1. The van der Waals surface area contributed by atoms with Crippen LogP contribution >= 0.6 is 0 Å². The first-order chi connectivity index (χ1) is 23.1. The van der Waals surface area contributed by atoms with Gasteiger partial charge in [0.25, 0.3) is 0 Å². The summed E-state index contributed by atoms with van der Waals surface area (Å²) in [6, 6.07) is 5.19. The minimum absolute atomic E-state index is 0.242. The van der Waals surface area contributed by atoms with Crippen LogP contribution in [0.1, 0.15) is 42.8 Å². The van der Waals surface area contributed by atoms with E-state index in [0.29, 0.717) is 23.9 Å². The van der Waals surface area contributed by atoms with Crippen LogP contribution in [0.25, 0.3) is 23.3 Å². The van der Waals surface area contributed by atoms with Crippen molar-refractivity contribution in [1.82, 2.24) is 15.3 Å². The predicted molar refractivity (Wildman–Crippen MR) is 156 cm³/mol. The lowest BCUT2D eigenvalue weighted by molar-refractivity contribution is -0.111. The zero-order valence-electron chi connectivity index (χ0n) is 24.9. The normalized spacial score (nSPS) is 16.9. The van der Waals surface area contributed by atoms with Gasteiger partial charge in [-0.3, -0.25) is 9.79 Å². The van der Waals surface area contributed by atoms with Crippen LogP contribution in [0, 0.1) is 63.6 Å². The fraction of sp³-hybridized carbons (Fsp3) is 0.118. The first-order valence-corrected chi connectivity index (χ1v) is 14.3. The Hall–Kier alpha value is -5.60. The molecule has 8 bridgehead atoms. The molecule has 0 aliphatic carbocycles. The Labute approximate surface area is 268 Å². The van der Waals surface area contributed by atoms with Gasteiger partial charge in [-0.25, -0.2) is 43.9 Å². The van der Waals surface area contributed by atoms with Crippen molar-refractivity contribution in [2.45, 2.75) is 20.3 Å². The molecule has 49 heavy (non-hydrogen) atoms. The zero-order chi connectivity index (χ0) is 35.3. The van der Waals surface area contributed by atoms with Crippen LogP contribution in [0.15, 0.2) is 52.4 Å². The van der Waals surface area contributed by atoms with Crippen molar-refractivity contribution in [3.8, 4) is 0 Å². The smallest absolute Gasteiger partial charge is 0.204 e. The Morgan fingerprint density at radius 2 is 1.18 bits per heavy atom. The fourth-order valence-electron chi connectivity index (χ4n) is 6.02. The molecule has 0 amide bonds. The number of aromatic amines is 2. The molecule has 2 aromatic carbocycles. The summed E-state index contributed by atoms with van der Waals surface area (Å²) in [7, 11) is 0. The minimum Gasteiger partial charge on any atom is -0.355 e. The highest BCUT2D eigenvalue weighted by Gasteiger charge is 2.37. The minimum atomic E-state index is -2.47. The Balaban J connectivity index is 1.62. The number of aromatic nitrogens is 2. The van der Waals surface area contributed by atoms with Gasteiger partial charge in [-0.2, -0.15) is 0 Å². The van der Waals surface area contributed by atoms with Gasteiger partial charge in [0, 0.05) is 62.6 Å². The number of hydrogen-bond acceptors (Lipinski definition) is 3. The van der Waals surface area contributed by atoms with Gasteiger partial charge in [0.1, 0.15) is 0 Å². The lowest BCUT2D eigenvalue weighted by Gasteiger charge is -2.18. The van der Waals surface area contributed by atoms with Crippen LogP contribution in [0.5, 0.6) is 0 Å². The maximum Gasteiger partial charge on any atom is 0.204 e. The van der Waals surface area contributed by atoms with Crippen LogP contribution in [0.2, 0.25) is 0 Å². The molecule has 4 aromatic rings. The summed E-state index contributed by atoms with van der Waals surface area (Å²) in [5.74, 6) is -24.6. The first-order valence-electron chi connectivity index (χ1n) is 14.3. The molecule has 5 nitrogen and oxygen atoms in total. The van der Waals surface area contributed by atoms with Crippen molar-refractivity contribution in [2.24, 2.45) is 10.4 Å². The Morgan fingerprint density at radius 1 is 0.633 bits per heavy atom. The molecule has 0 atom stereocenters. The molecule has 7 rings (SSSR count). The number of halogens is 10. The number of allylic oxidation sites excluding steroid dienone is 3. The Kier molecular flexibility index (Phi) is 7.16. The van der Waals surface area contributed by atoms with Gasteiger partial charge in [-0.05, 0) is 36.4 Å². The summed E-state index contributed by atoms with van der Waals surface area (Å²) >= 11 is 0. The molecule has 3 aliphatic rings. The lowest BCUT2D eigenvalue weighted by atomic mass is 9.86. The number of fused-ring (bicyclic) bond motifs is 7. The topological polar surface area (TPSA) is 73.0 Å². The van der Waals surface area contributed by atoms with E-state index in [9.17, 15) is 31.1 Å². The van der Waals surface area contributed by atoms with Crippen LogP contribution in [-0.4, -0.2) is 21.5 Å². The molecule has 0 saturated carbocycles. The van der Waals surface area contributed by atoms with Crippen LogP contribution in [-0.2, 0) is 4.79 Å². The van der Waals surface area contributed by atoms with E-state index in [-0.39, 0.29) is 22.1 Å². The maximum absolute atomic E-state index is 15.4. The molecular weight excluding hydrogens is 670 g/mol. The molecule has 3 aliphatic heterocycles. The summed E-state index contributed by atoms with van der Waals surface area (Å²) in [6.45, 7) is 3.71. The number of H-pyrrole nitrogens is 2. The van der Waals surface area contributed by atoms with Crippen LogP contribution in [0.3, 0.4) is 0 Å². The van der Waals surface area contributed by atoms with Gasteiger partial charge >= 0.3 is 0 Å².